The van der Waals surface area contributed by atoms with Crippen LogP contribution in [0.15, 0.2) is 17.0 Å². The number of alkyl halides is 3. The maximum absolute atomic E-state index is 14.5. The summed E-state index contributed by atoms with van der Waals surface area (Å²) in [4.78, 5) is -1.16. The average Bonchev–Trinajstić information content (AvgIpc) is 2.62. The Morgan fingerprint density at radius 3 is 1.29 bits per heavy atom. The van der Waals surface area contributed by atoms with Gasteiger partial charge in [0.05, 0.1) is 0 Å². The van der Waals surface area contributed by atoms with Gasteiger partial charge in [-0.1, -0.05) is 62.3 Å². The molecule has 2 aromatic carbocycles. The van der Waals surface area contributed by atoms with Gasteiger partial charge in [0.15, 0.2) is 23.3 Å². The van der Waals surface area contributed by atoms with Gasteiger partial charge < -0.3 is 0 Å². The summed E-state index contributed by atoms with van der Waals surface area (Å²) in [5, 5.41) is 0. The van der Waals surface area contributed by atoms with Crippen LogP contribution in [0, 0.1) is 23.3 Å². The Hall–Kier alpha value is -1.74. The molecule has 0 heterocycles. The first-order valence-corrected chi connectivity index (χ1v) is 11.6. The molecule has 0 unspecified atom stereocenters. The van der Waals surface area contributed by atoms with Gasteiger partial charge in [-0.25, -0.2) is 22.3 Å². The van der Waals surface area contributed by atoms with Crippen LogP contribution >= 0.6 is 11.9 Å². The molecule has 0 aliphatic heterocycles. The van der Waals surface area contributed by atoms with Crippen molar-refractivity contribution in [3.8, 4) is 0 Å². The van der Waals surface area contributed by atoms with E-state index in [2.05, 4.69) is 20.8 Å². The van der Waals surface area contributed by atoms with E-state index < -0.39 is 50.7 Å². The van der Waals surface area contributed by atoms with Crippen molar-refractivity contribution in [2.24, 2.45) is 0 Å². The highest BCUT2D eigenvalue weighted by atomic mass is 32.2. The van der Waals surface area contributed by atoms with Gasteiger partial charge in [-0.3, -0.25) is 0 Å². The fraction of sp³-hybridized carbons (Fsp3) is 0.520. The van der Waals surface area contributed by atoms with E-state index in [-0.39, 0.29) is 5.41 Å². The lowest BCUT2D eigenvalue weighted by molar-refractivity contribution is -0.380. The van der Waals surface area contributed by atoms with Crippen LogP contribution in [0.3, 0.4) is 0 Å². The molecule has 0 fully saturated rings. The number of rotatable bonds is 3. The summed E-state index contributed by atoms with van der Waals surface area (Å²) in [5.74, 6) is -9.07. The van der Waals surface area contributed by atoms with Crippen LogP contribution in [-0.2, 0) is 22.4 Å². The average molecular weight is 511 g/mol. The van der Waals surface area contributed by atoms with Crippen LogP contribution in [0.5, 0.6) is 0 Å². The highest BCUT2D eigenvalue weighted by Crippen LogP contribution is 2.41. The van der Waals surface area contributed by atoms with Crippen molar-refractivity contribution in [2.75, 3.05) is 0 Å². The fourth-order valence-electron chi connectivity index (χ4n) is 3.54. The zero-order chi connectivity index (χ0) is 26.6. The minimum atomic E-state index is -5.58. The summed E-state index contributed by atoms with van der Waals surface area (Å²) in [7, 11) is 0. The Labute approximate surface area is 200 Å². The Bertz CT molecular complexity index is 1020. The third kappa shape index (κ3) is 5.73. The molecule has 0 aliphatic carbocycles. The summed E-state index contributed by atoms with van der Waals surface area (Å²) in [6.07, 6.45) is -5.58. The third-order valence-electron chi connectivity index (χ3n) is 5.46. The predicted octanol–water partition coefficient (Wildman–Crippen LogP) is 8.06. The number of nitrogens with two attached hydrogens (primary N) is 1. The van der Waals surface area contributed by atoms with Crippen molar-refractivity contribution < 1.29 is 35.5 Å². The van der Waals surface area contributed by atoms with Gasteiger partial charge in [0, 0.05) is 11.1 Å². The molecule has 2 aromatic rings. The van der Waals surface area contributed by atoms with Crippen molar-refractivity contribution in [2.45, 2.75) is 89.6 Å². The fourth-order valence-corrected chi connectivity index (χ4v) is 4.41. The van der Waals surface area contributed by atoms with Gasteiger partial charge in [-0.2, -0.15) is 13.2 Å². The van der Waals surface area contributed by atoms with E-state index in [1.54, 1.807) is 0 Å². The van der Waals surface area contributed by atoms with Crippen molar-refractivity contribution in [1.82, 2.24) is 0 Å². The Balaban J connectivity index is 2.74. The first kappa shape index (κ1) is 28.5. The SMILES string of the molecule is CC(C)(C)c1cc(C(C)(C)C)c([NH2+]Sc2c(F)c(F)c(C(F)(F)F)c(F)c2F)c(C(C)(C)C)c1. The molecule has 0 spiro atoms. The molecule has 2 N–H and O–H groups in total. The van der Waals surface area contributed by atoms with Crippen LogP contribution in [0.25, 0.3) is 0 Å². The summed E-state index contributed by atoms with van der Waals surface area (Å²) in [6, 6.07) is 3.98. The van der Waals surface area contributed by atoms with E-state index in [9.17, 15) is 30.7 Å². The van der Waals surface area contributed by atoms with Crippen LogP contribution in [0.2, 0.25) is 0 Å². The molecule has 0 radical (unpaired) electrons. The molecule has 0 aromatic heterocycles. The highest BCUT2D eigenvalue weighted by molar-refractivity contribution is 7.92. The summed E-state index contributed by atoms with van der Waals surface area (Å²) in [5.41, 5.74) is -0.290. The van der Waals surface area contributed by atoms with E-state index in [1.165, 1.54) is 4.72 Å². The van der Waals surface area contributed by atoms with E-state index >= 15 is 0 Å². The van der Waals surface area contributed by atoms with Crippen LogP contribution in [-0.4, -0.2) is 0 Å². The number of halogens is 7. The van der Waals surface area contributed by atoms with Crippen molar-refractivity contribution in [1.29, 1.82) is 0 Å². The minimum absolute atomic E-state index is 0.205. The zero-order valence-electron chi connectivity index (χ0n) is 20.8. The summed E-state index contributed by atoms with van der Waals surface area (Å²) in [6.45, 7) is 17.9. The standard InChI is InChI=1S/C25H30F7NS/c1-22(2,3)12-10-13(23(4,5)6)20(14(11-12)24(7,8)9)33-34-21-18(28)16(26)15(25(30,31)32)17(27)19(21)29/h10-11,33H,1-9H3/p+1. The second kappa shape index (κ2) is 9.04. The van der Waals surface area contributed by atoms with E-state index in [0.29, 0.717) is 17.6 Å². The third-order valence-corrected chi connectivity index (χ3v) is 6.41. The van der Waals surface area contributed by atoms with Crippen LogP contribution in [0.1, 0.15) is 84.6 Å². The maximum Gasteiger partial charge on any atom is 0.422 e. The van der Waals surface area contributed by atoms with Gasteiger partial charge in [0.2, 0.25) is 0 Å². The lowest BCUT2D eigenvalue weighted by Crippen LogP contribution is -2.70. The molecular formula is C25H31F7NS+. The second-order valence-electron chi connectivity index (χ2n) is 11.4. The van der Waals surface area contributed by atoms with Gasteiger partial charge >= 0.3 is 6.18 Å². The molecule has 34 heavy (non-hydrogen) atoms. The number of benzene rings is 2. The number of quaternary nitrogens is 1. The zero-order valence-corrected chi connectivity index (χ0v) is 21.6. The molecule has 0 amide bonds. The number of hydrogen-bond donors (Lipinski definition) is 1. The molecule has 0 atom stereocenters. The second-order valence-corrected chi connectivity index (χ2v) is 12.3. The molecule has 0 aliphatic rings. The van der Waals surface area contributed by atoms with E-state index in [4.69, 9.17) is 0 Å². The topological polar surface area (TPSA) is 16.6 Å². The number of hydrogen-bond acceptors (Lipinski definition) is 1. The van der Waals surface area contributed by atoms with Gasteiger partial charge in [-0.05, 0) is 33.9 Å². The quantitative estimate of drug-likeness (QED) is 0.191. The van der Waals surface area contributed by atoms with Gasteiger partial charge in [-0.15, -0.1) is 0 Å². The Morgan fingerprint density at radius 1 is 0.618 bits per heavy atom. The molecule has 9 heteroatoms. The lowest BCUT2D eigenvalue weighted by atomic mass is 9.74. The predicted molar refractivity (Wildman–Crippen MR) is 121 cm³/mol. The molecule has 0 bridgehead atoms. The molecule has 1 nitrogen and oxygen atoms in total. The van der Waals surface area contributed by atoms with E-state index in [1.807, 2.05) is 53.7 Å². The highest BCUT2D eigenvalue weighted by Gasteiger charge is 2.43. The van der Waals surface area contributed by atoms with E-state index in [0.717, 1.165) is 16.7 Å². The van der Waals surface area contributed by atoms with Crippen molar-refractivity contribution >= 4 is 17.6 Å². The largest absolute Gasteiger partial charge is 0.422 e. The smallest absolute Gasteiger partial charge is 0.247 e. The molecule has 2 rings (SSSR count). The minimum Gasteiger partial charge on any atom is -0.247 e. The first-order valence-electron chi connectivity index (χ1n) is 10.7. The molecule has 0 saturated heterocycles. The Morgan fingerprint density at radius 2 is 1.00 bits per heavy atom. The summed E-state index contributed by atoms with van der Waals surface area (Å²) >= 11 is 0.326. The van der Waals surface area contributed by atoms with Crippen molar-refractivity contribution in [3.63, 3.8) is 0 Å². The lowest BCUT2D eigenvalue weighted by Gasteiger charge is -2.31. The summed E-state index contributed by atoms with van der Waals surface area (Å²) < 4.78 is 97.4. The van der Waals surface area contributed by atoms with Gasteiger partial charge in [0.1, 0.15) is 28.1 Å². The first-order chi connectivity index (χ1) is 15.1. The maximum atomic E-state index is 14.5. The Kier molecular flexibility index (Phi) is 7.58. The van der Waals surface area contributed by atoms with Crippen LogP contribution in [0.4, 0.5) is 36.4 Å². The van der Waals surface area contributed by atoms with Gasteiger partial charge in [0.25, 0.3) is 0 Å². The normalized spacial score (nSPS) is 13.5. The molecule has 190 valence electrons. The monoisotopic (exact) mass is 510 g/mol. The van der Waals surface area contributed by atoms with Crippen LogP contribution < -0.4 is 4.72 Å². The molecule has 0 saturated carbocycles. The van der Waals surface area contributed by atoms with Crippen molar-refractivity contribution in [3.05, 3.63) is 57.7 Å². The molecular weight excluding hydrogens is 479 g/mol.